The molecule has 2 fully saturated rings. The maximum absolute atomic E-state index is 13.0. The van der Waals surface area contributed by atoms with E-state index in [4.69, 9.17) is 21.4 Å². The highest BCUT2D eigenvalue weighted by atomic mass is 35.5. The molecule has 0 spiro atoms. The van der Waals surface area contributed by atoms with Gasteiger partial charge in [-0.1, -0.05) is 23.7 Å². The molecule has 7 heteroatoms. The van der Waals surface area contributed by atoms with Crippen LogP contribution in [0.3, 0.4) is 0 Å². The normalized spacial score (nSPS) is 25.6. The fourth-order valence-electron chi connectivity index (χ4n) is 4.26. The molecule has 0 aliphatic carbocycles. The van der Waals surface area contributed by atoms with Crippen molar-refractivity contribution in [3.63, 3.8) is 0 Å². The third-order valence-corrected chi connectivity index (χ3v) is 6.02. The topological polar surface area (TPSA) is 57.5 Å². The number of ether oxygens (including phenoxy) is 1. The number of aliphatic imine (C=N–C) groups is 1. The van der Waals surface area contributed by atoms with Crippen LogP contribution in [0.15, 0.2) is 46.1 Å². The van der Waals surface area contributed by atoms with Crippen LogP contribution in [-0.4, -0.2) is 53.8 Å². The van der Waals surface area contributed by atoms with Crippen molar-refractivity contribution < 1.29 is 9.53 Å². The van der Waals surface area contributed by atoms with Crippen LogP contribution in [0.2, 0.25) is 5.02 Å². The van der Waals surface area contributed by atoms with E-state index in [1.165, 1.54) is 5.56 Å². The molecule has 140 valence electrons. The largest absolute Gasteiger partial charge is 0.381 e. The molecule has 1 atom stereocenters. The molecule has 2 bridgehead atoms. The van der Waals surface area contributed by atoms with Crippen molar-refractivity contribution >= 4 is 29.2 Å². The minimum absolute atomic E-state index is 0.0301. The Morgan fingerprint density at radius 3 is 2.67 bits per heavy atom. The molecule has 1 amide bonds. The van der Waals surface area contributed by atoms with Gasteiger partial charge in [0.25, 0.3) is 5.91 Å². The van der Waals surface area contributed by atoms with Crippen molar-refractivity contribution in [2.24, 2.45) is 16.0 Å². The number of carbonyl (C=O) groups is 1. The molecule has 6 nitrogen and oxygen atoms in total. The van der Waals surface area contributed by atoms with E-state index in [2.05, 4.69) is 4.99 Å². The van der Waals surface area contributed by atoms with Gasteiger partial charge in [-0.3, -0.25) is 9.69 Å². The zero-order valence-electron chi connectivity index (χ0n) is 15.0. The Balaban J connectivity index is 1.45. The van der Waals surface area contributed by atoms with Gasteiger partial charge in [-0.05, 0) is 30.5 Å². The van der Waals surface area contributed by atoms with Gasteiger partial charge in [0, 0.05) is 49.2 Å². The Morgan fingerprint density at radius 2 is 1.89 bits per heavy atom. The van der Waals surface area contributed by atoms with E-state index in [-0.39, 0.29) is 11.8 Å². The van der Waals surface area contributed by atoms with Gasteiger partial charge in [0.2, 0.25) is 0 Å². The summed E-state index contributed by atoms with van der Waals surface area (Å²) in [5.74, 6) is 2.43. The third kappa shape index (κ3) is 3.07. The summed E-state index contributed by atoms with van der Waals surface area (Å²) in [6.07, 6.45) is 4.40. The molecule has 1 unspecified atom stereocenters. The van der Waals surface area contributed by atoms with Crippen molar-refractivity contribution in [2.75, 3.05) is 26.3 Å². The summed E-state index contributed by atoms with van der Waals surface area (Å²) in [5, 5.41) is 7.55. The molecule has 1 aromatic rings. The maximum atomic E-state index is 13.0. The highest BCUT2D eigenvalue weighted by Crippen LogP contribution is 2.34. The first kappa shape index (κ1) is 17.0. The van der Waals surface area contributed by atoms with Crippen molar-refractivity contribution in [3.8, 4) is 0 Å². The van der Waals surface area contributed by atoms with Crippen molar-refractivity contribution in [1.82, 2.24) is 9.91 Å². The monoisotopic (exact) mass is 384 g/mol. The molecule has 0 N–H and O–H groups in total. The Kier molecular flexibility index (Phi) is 4.25. The van der Waals surface area contributed by atoms with E-state index < -0.39 is 0 Å². The molecule has 5 rings (SSSR count). The highest BCUT2D eigenvalue weighted by Gasteiger charge is 2.40. The van der Waals surface area contributed by atoms with E-state index in [0.29, 0.717) is 24.6 Å². The third-order valence-electron chi connectivity index (χ3n) is 5.76. The quantitative estimate of drug-likeness (QED) is 0.787. The minimum Gasteiger partial charge on any atom is -0.381 e. The lowest BCUT2D eigenvalue weighted by Gasteiger charge is -2.30. The van der Waals surface area contributed by atoms with Crippen LogP contribution in [0, 0.1) is 5.92 Å². The molecule has 1 aromatic carbocycles. The number of carbonyl (C=O) groups excluding carboxylic acids is 1. The molecule has 27 heavy (non-hydrogen) atoms. The van der Waals surface area contributed by atoms with E-state index in [9.17, 15) is 4.79 Å². The van der Waals surface area contributed by atoms with Crippen LogP contribution in [0.5, 0.6) is 0 Å². The SMILES string of the molecule is O=C1C2=CN=C(C3CCOCC3)N(C2)N=C2CC(c3ccc(Cl)cc3)CN12. The van der Waals surface area contributed by atoms with Crippen LogP contribution in [-0.2, 0) is 9.53 Å². The molecule has 2 saturated heterocycles. The maximum Gasteiger partial charge on any atom is 0.258 e. The van der Waals surface area contributed by atoms with E-state index in [1.54, 1.807) is 6.20 Å². The van der Waals surface area contributed by atoms with E-state index in [1.807, 2.05) is 34.2 Å². The summed E-state index contributed by atoms with van der Waals surface area (Å²) < 4.78 is 5.48. The Bertz CT molecular complexity index is 855. The number of rotatable bonds is 2. The van der Waals surface area contributed by atoms with Crippen molar-refractivity contribution in [2.45, 2.75) is 25.2 Å². The summed E-state index contributed by atoms with van der Waals surface area (Å²) in [6.45, 7) is 2.68. The van der Waals surface area contributed by atoms with Crippen LogP contribution >= 0.6 is 11.6 Å². The molecule has 0 aromatic heterocycles. The van der Waals surface area contributed by atoms with Gasteiger partial charge in [0.1, 0.15) is 11.7 Å². The van der Waals surface area contributed by atoms with Crippen LogP contribution in [0.4, 0.5) is 0 Å². The first-order valence-corrected chi connectivity index (χ1v) is 9.83. The van der Waals surface area contributed by atoms with Crippen molar-refractivity contribution in [3.05, 3.63) is 46.6 Å². The number of nitrogens with zero attached hydrogens (tertiary/aromatic N) is 4. The predicted molar refractivity (Wildman–Crippen MR) is 104 cm³/mol. The van der Waals surface area contributed by atoms with Crippen LogP contribution < -0.4 is 0 Å². The molecule has 4 heterocycles. The van der Waals surface area contributed by atoms with Gasteiger partial charge >= 0.3 is 0 Å². The number of amidine groups is 2. The fourth-order valence-corrected chi connectivity index (χ4v) is 4.39. The standard InChI is InChI=1S/C20H21ClN4O2/c21-17-3-1-13(2-4-17)15-9-18-23-25-12-16(20(26)24(18)11-15)10-22-19(25)14-5-7-27-8-6-14/h1-4,10,14-15H,5-9,11-12H2. The Labute approximate surface area is 163 Å². The number of benzene rings is 1. The summed E-state index contributed by atoms with van der Waals surface area (Å²) in [6, 6.07) is 7.89. The zero-order chi connectivity index (χ0) is 18.4. The lowest BCUT2D eigenvalue weighted by Crippen LogP contribution is -2.38. The summed E-state index contributed by atoms with van der Waals surface area (Å²) in [4.78, 5) is 19.4. The number of hydrogen-bond acceptors (Lipinski definition) is 5. The van der Waals surface area contributed by atoms with Gasteiger partial charge in [-0.15, -0.1) is 0 Å². The number of fused-ring (bicyclic) bond motifs is 3. The van der Waals surface area contributed by atoms with Crippen LogP contribution in [0.25, 0.3) is 0 Å². The van der Waals surface area contributed by atoms with Gasteiger partial charge in [0.15, 0.2) is 0 Å². The minimum atomic E-state index is 0.0301. The number of hydrazone groups is 1. The van der Waals surface area contributed by atoms with E-state index >= 15 is 0 Å². The fraction of sp³-hybridized carbons (Fsp3) is 0.450. The molecular formula is C20H21ClN4O2. The van der Waals surface area contributed by atoms with Gasteiger partial charge in [-0.25, -0.2) is 10.0 Å². The lowest BCUT2D eigenvalue weighted by atomic mass is 9.97. The van der Waals surface area contributed by atoms with Crippen molar-refractivity contribution in [1.29, 1.82) is 0 Å². The zero-order valence-corrected chi connectivity index (χ0v) is 15.7. The second kappa shape index (κ2) is 6.77. The predicted octanol–water partition coefficient (Wildman–Crippen LogP) is 3.01. The first-order valence-electron chi connectivity index (χ1n) is 9.46. The number of hydrogen-bond donors (Lipinski definition) is 0. The van der Waals surface area contributed by atoms with Gasteiger partial charge < -0.3 is 4.74 Å². The molecule has 0 radical (unpaired) electrons. The smallest absolute Gasteiger partial charge is 0.258 e. The Morgan fingerprint density at radius 1 is 1.11 bits per heavy atom. The lowest BCUT2D eigenvalue weighted by molar-refractivity contribution is -0.123. The molecule has 4 aliphatic rings. The summed E-state index contributed by atoms with van der Waals surface area (Å²) >= 11 is 6.01. The summed E-state index contributed by atoms with van der Waals surface area (Å²) in [5.41, 5.74) is 1.90. The highest BCUT2D eigenvalue weighted by molar-refractivity contribution is 6.30. The van der Waals surface area contributed by atoms with Gasteiger partial charge in [0.05, 0.1) is 12.1 Å². The second-order valence-corrected chi connectivity index (χ2v) is 7.91. The van der Waals surface area contributed by atoms with E-state index in [0.717, 1.165) is 49.2 Å². The van der Waals surface area contributed by atoms with Gasteiger partial charge in [-0.2, -0.15) is 5.10 Å². The Hall–Kier alpha value is -2.18. The molecular weight excluding hydrogens is 364 g/mol. The number of halogens is 1. The van der Waals surface area contributed by atoms with Crippen LogP contribution in [0.1, 0.15) is 30.7 Å². The number of amides is 1. The second-order valence-electron chi connectivity index (χ2n) is 7.47. The molecule has 4 aliphatic heterocycles. The molecule has 0 saturated carbocycles. The average Bonchev–Trinajstić information content (AvgIpc) is 3.08. The summed E-state index contributed by atoms with van der Waals surface area (Å²) in [7, 11) is 0. The average molecular weight is 385 g/mol. The first-order chi connectivity index (χ1) is 13.2.